The average molecular weight is 286 g/mol. The van der Waals surface area contributed by atoms with Gasteiger partial charge in [0.2, 0.25) is 0 Å². The Hall–Kier alpha value is -0.560. The summed E-state index contributed by atoms with van der Waals surface area (Å²) in [4.78, 5) is 0. The van der Waals surface area contributed by atoms with Crippen LogP contribution in [0.3, 0.4) is 0 Å². The molecule has 0 bridgehead atoms. The second kappa shape index (κ2) is 4.47. The lowest BCUT2D eigenvalue weighted by Crippen LogP contribution is -2.52. The number of allylic oxidation sites excluding steroid dienone is 4. The van der Waals surface area contributed by atoms with Crippen molar-refractivity contribution in [3.8, 4) is 0 Å². The molecule has 0 amide bonds. The van der Waals surface area contributed by atoms with Crippen LogP contribution in [0.25, 0.3) is 0 Å². The lowest BCUT2D eigenvalue weighted by molar-refractivity contribution is -0.0761. The van der Waals surface area contributed by atoms with Crippen LogP contribution in [0.15, 0.2) is 23.8 Å². The van der Waals surface area contributed by atoms with Crippen LogP contribution in [0.2, 0.25) is 0 Å². The van der Waals surface area contributed by atoms with E-state index in [9.17, 15) is 5.11 Å². The molecule has 0 aliphatic heterocycles. The van der Waals surface area contributed by atoms with Crippen molar-refractivity contribution in [2.24, 2.45) is 34.5 Å². The van der Waals surface area contributed by atoms with Gasteiger partial charge in [-0.3, -0.25) is 0 Å². The van der Waals surface area contributed by atoms with Gasteiger partial charge in [-0.05, 0) is 78.6 Å². The summed E-state index contributed by atoms with van der Waals surface area (Å²) in [6.07, 6.45) is 14.7. The molecular weight excluding hydrogens is 256 g/mol. The molecule has 0 aromatic heterocycles. The second-order valence-electron chi connectivity index (χ2n) is 8.77. The molecule has 0 unspecified atom stereocenters. The van der Waals surface area contributed by atoms with Crippen LogP contribution in [0, 0.1) is 34.5 Å². The van der Waals surface area contributed by atoms with Gasteiger partial charge in [0, 0.05) is 0 Å². The first-order chi connectivity index (χ1) is 9.97. The molecule has 0 heterocycles. The van der Waals surface area contributed by atoms with E-state index in [-0.39, 0.29) is 11.5 Å². The lowest BCUT2D eigenvalue weighted by Gasteiger charge is -2.58. The van der Waals surface area contributed by atoms with Gasteiger partial charge in [0.1, 0.15) is 0 Å². The number of aliphatic hydroxyl groups excluding tert-OH is 1. The minimum atomic E-state index is -0.0555. The van der Waals surface area contributed by atoms with Crippen molar-refractivity contribution in [2.75, 3.05) is 0 Å². The summed E-state index contributed by atoms with van der Waals surface area (Å²) in [5.74, 6) is 3.04. The van der Waals surface area contributed by atoms with Crippen molar-refractivity contribution in [3.63, 3.8) is 0 Å². The van der Waals surface area contributed by atoms with E-state index in [2.05, 4.69) is 39.0 Å². The molecule has 0 saturated heterocycles. The van der Waals surface area contributed by atoms with Gasteiger partial charge in [-0.1, -0.05) is 39.0 Å². The van der Waals surface area contributed by atoms with Crippen molar-refractivity contribution in [1.29, 1.82) is 0 Å². The molecule has 4 aliphatic carbocycles. The maximum absolute atomic E-state index is 10.5. The van der Waals surface area contributed by atoms with Gasteiger partial charge in [0.05, 0.1) is 6.10 Å². The molecule has 0 spiro atoms. The minimum absolute atomic E-state index is 0.0555. The Morgan fingerprint density at radius 3 is 2.71 bits per heavy atom. The summed E-state index contributed by atoms with van der Waals surface area (Å²) in [5.41, 5.74) is 2.22. The number of fused-ring (bicyclic) bond motifs is 5. The number of rotatable bonds is 0. The summed E-state index contributed by atoms with van der Waals surface area (Å²) in [7, 11) is 0. The maximum atomic E-state index is 10.5. The van der Waals surface area contributed by atoms with Crippen molar-refractivity contribution < 1.29 is 5.11 Å². The van der Waals surface area contributed by atoms with E-state index in [1.165, 1.54) is 32.1 Å². The summed E-state index contributed by atoms with van der Waals surface area (Å²) in [5, 5.41) is 10.5. The first-order valence-electron chi connectivity index (χ1n) is 9.04. The lowest BCUT2D eigenvalue weighted by atomic mass is 9.47. The number of hydrogen-bond acceptors (Lipinski definition) is 1. The molecule has 2 fully saturated rings. The highest BCUT2D eigenvalue weighted by molar-refractivity contribution is 5.35. The summed E-state index contributed by atoms with van der Waals surface area (Å²) >= 11 is 0. The molecule has 2 saturated carbocycles. The molecule has 21 heavy (non-hydrogen) atoms. The minimum Gasteiger partial charge on any atom is -0.393 e. The zero-order chi connectivity index (χ0) is 14.8. The summed E-state index contributed by atoms with van der Waals surface area (Å²) < 4.78 is 0. The van der Waals surface area contributed by atoms with Gasteiger partial charge < -0.3 is 5.11 Å². The van der Waals surface area contributed by atoms with Crippen LogP contribution in [0.5, 0.6) is 0 Å². The third-order valence-corrected chi connectivity index (χ3v) is 7.94. The second-order valence-corrected chi connectivity index (χ2v) is 8.77. The van der Waals surface area contributed by atoms with Gasteiger partial charge in [-0.25, -0.2) is 0 Å². The maximum Gasteiger partial charge on any atom is 0.0596 e. The van der Waals surface area contributed by atoms with E-state index in [1.54, 1.807) is 5.57 Å². The zero-order valence-electron chi connectivity index (χ0n) is 13.8. The monoisotopic (exact) mass is 286 g/mol. The van der Waals surface area contributed by atoms with Crippen LogP contribution in [-0.2, 0) is 0 Å². The standard InChI is InChI=1S/C20H30O/c1-13-12-14-6-4-5-10-19(14,2)16-9-11-20(3)15(18(13)16)7-8-17(20)21/h4,6,12-13,15-18,21H,5,7-11H2,1-3H3/t13-,15-,16-,17-,18-,19-,20-/m0/s1. The Labute approximate surface area is 129 Å². The molecule has 0 aromatic rings. The van der Waals surface area contributed by atoms with Crippen LogP contribution >= 0.6 is 0 Å². The van der Waals surface area contributed by atoms with Crippen LogP contribution < -0.4 is 0 Å². The highest BCUT2D eigenvalue weighted by Gasteiger charge is 2.59. The Bertz CT molecular complexity index is 504. The SMILES string of the molecule is C[C@H]1C=C2C=CCC[C@]2(C)[C@H]2CC[C@]3(C)[C@@H](O)CC[C@H]3[C@H]12. The van der Waals surface area contributed by atoms with Gasteiger partial charge >= 0.3 is 0 Å². The molecule has 4 rings (SSSR count). The molecule has 0 aromatic carbocycles. The van der Waals surface area contributed by atoms with E-state index in [0.717, 1.165) is 24.2 Å². The molecule has 1 heteroatoms. The van der Waals surface area contributed by atoms with Gasteiger partial charge in [-0.15, -0.1) is 0 Å². The van der Waals surface area contributed by atoms with Crippen LogP contribution in [0.1, 0.15) is 59.3 Å². The predicted octanol–water partition coefficient (Wildman–Crippen LogP) is 4.72. The van der Waals surface area contributed by atoms with Crippen LogP contribution in [0.4, 0.5) is 0 Å². The topological polar surface area (TPSA) is 20.2 Å². The third kappa shape index (κ3) is 1.73. The molecule has 7 atom stereocenters. The fraction of sp³-hybridized carbons (Fsp3) is 0.800. The predicted molar refractivity (Wildman–Crippen MR) is 86.8 cm³/mol. The molecule has 1 N–H and O–H groups in total. The highest BCUT2D eigenvalue weighted by Crippen LogP contribution is 2.65. The average Bonchev–Trinajstić information content (AvgIpc) is 2.76. The van der Waals surface area contributed by atoms with Crippen molar-refractivity contribution in [1.82, 2.24) is 0 Å². The third-order valence-electron chi connectivity index (χ3n) is 7.94. The van der Waals surface area contributed by atoms with Crippen molar-refractivity contribution in [2.45, 2.75) is 65.4 Å². The Balaban J connectivity index is 1.77. The molecule has 1 nitrogen and oxygen atoms in total. The first kappa shape index (κ1) is 14.1. The molecule has 4 aliphatic rings. The number of aliphatic hydroxyl groups is 1. The Morgan fingerprint density at radius 1 is 1.10 bits per heavy atom. The fourth-order valence-corrected chi connectivity index (χ4v) is 6.61. The number of hydrogen-bond donors (Lipinski definition) is 1. The van der Waals surface area contributed by atoms with Gasteiger partial charge in [0.25, 0.3) is 0 Å². The van der Waals surface area contributed by atoms with Gasteiger partial charge in [0.15, 0.2) is 0 Å². The largest absolute Gasteiger partial charge is 0.393 e. The van der Waals surface area contributed by atoms with E-state index in [0.29, 0.717) is 11.3 Å². The van der Waals surface area contributed by atoms with Gasteiger partial charge in [-0.2, -0.15) is 0 Å². The van der Waals surface area contributed by atoms with E-state index >= 15 is 0 Å². The van der Waals surface area contributed by atoms with E-state index in [4.69, 9.17) is 0 Å². The highest BCUT2D eigenvalue weighted by atomic mass is 16.3. The Kier molecular flexibility index (Phi) is 2.99. The quantitative estimate of drug-likeness (QED) is 0.683. The Morgan fingerprint density at radius 2 is 1.90 bits per heavy atom. The van der Waals surface area contributed by atoms with E-state index < -0.39 is 0 Å². The summed E-state index contributed by atoms with van der Waals surface area (Å²) in [6, 6.07) is 0. The normalized spacial score (nSPS) is 55.4. The molecule has 116 valence electrons. The first-order valence-corrected chi connectivity index (χ1v) is 9.04. The smallest absolute Gasteiger partial charge is 0.0596 e. The molecule has 0 radical (unpaired) electrons. The van der Waals surface area contributed by atoms with Crippen molar-refractivity contribution in [3.05, 3.63) is 23.8 Å². The van der Waals surface area contributed by atoms with E-state index in [1.807, 2.05) is 0 Å². The van der Waals surface area contributed by atoms with Crippen LogP contribution in [-0.4, -0.2) is 11.2 Å². The summed E-state index contributed by atoms with van der Waals surface area (Å²) in [6.45, 7) is 7.34. The molecular formula is C20H30O. The zero-order valence-corrected chi connectivity index (χ0v) is 13.8. The van der Waals surface area contributed by atoms with Crippen molar-refractivity contribution >= 4 is 0 Å². The fourth-order valence-electron chi connectivity index (χ4n) is 6.61.